The van der Waals surface area contributed by atoms with Crippen LogP contribution in [0.3, 0.4) is 0 Å². The molecule has 7 heteroatoms. The highest BCUT2D eigenvalue weighted by Crippen LogP contribution is 2.31. The summed E-state index contributed by atoms with van der Waals surface area (Å²) in [4.78, 5) is 12.5. The lowest BCUT2D eigenvalue weighted by Crippen LogP contribution is -2.29. The summed E-state index contributed by atoms with van der Waals surface area (Å²) < 4.78 is 5.93. The van der Waals surface area contributed by atoms with Crippen molar-refractivity contribution in [2.24, 2.45) is 5.92 Å². The highest BCUT2D eigenvalue weighted by molar-refractivity contribution is 8.02. The van der Waals surface area contributed by atoms with Crippen molar-refractivity contribution in [2.75, 3.05) is 12.4 Å². The number of aromatic nitrogens is 2. The Morgan fingerprint density at radius 3 is 2.45 bits per heavy atom. The van der Waals surface area contributed by atoms with E-state index in [9.17, 15) is 4.79 Å². The molecule has 0 aliphatic carbocycles. The van der Waals surface area contributed by atoms with Gasteiger partial charge < -0.3 is 10.1 Å². The Hall–Kier alpha value is -1.60. The molecule has 1 atom stereocenters. The summed E-state index contributed by atoms with van der Waals surface area (Å²) in [6.45, 7) is 5.96. The number of methoxy groups -OCH3 is 1. The average Bonchev–Trinajstić information content (AvgIpc) is 2.90. The number of thioether (sulfide) groups is 1. The molecular weight excluding hydrogens is 318 g/mol. The fraction of sp³-hybridized carbons (Fsp3) is 0.400. The number of nitrogens with one attached hydrogen (secondary N) is 1. The second-order valence-corrected chi connectivity index (χ2v) is 7.66. The first-order chi connectivity index (χ1) is 10.5. The van der Waals surface area contributed by atoms with Gasteiger partial charge in [0, 0.05) is 5.69 Å². The summed E-state index contributed by atoms with van der Waals surface area (Å²) in [5.74, 6) is 0.919. The van der Waals surface area contributed by atoms with Crippen molar-refractivity contribution in [1.82, 2.24) is 10.2 Å². The first-order valence-electron chi connectivity index (χ1n) is 6.91. The summed E-state index contributed by atoms with van der Waals surface area (Å²) in [7, 11) is 1.61. The monoisotopic (exact) mass is 337 g/mol. The minimum atomic E-state index is -0.213. The fourth-order valence-corrected chi connectivity index (χ4v) is 3.84. The molecule has 1 heterocycles. The molecule has 2 aromatic rings. The zero-order valence-corrected chi connectivity index (χ0v) is 14.6. The molecule has 1 aromatic heterocycles. The van der Waals surface area contributed by atoms with Gasteiger partial charge in [-0.15, -0.1) is 10.2 Å². The number of benzene rings is 1. The van der Waals surface area contributed by atoms with E-state index in [0.717, 1.165) is 20.8 Å². The molecule has 22 heavy (non-hydrogen) atoms. The molecule has 1 N–H and O–H groups in total. The van der Waals surface area contributed by atoms with Crippen molar-refractivity contribution in [3.8, 4) is 5.75 Å². The van der Waals surface area contributed by atoms with E-state index in [1.807, 2.05) is 45.0 Å². The van der Waals surface area contributed by atoms with Crippen LogP contribution in [0.1, 0.15) is 18.9 Å². The van der Waals surface area contributed by atoms with Crippen molar-refractivity contribution in [2.45, 2.75) is 30.4 Å². The number of ether oxygens (including phenoxy) is 1. The van der Waals surface area contributed by atoms with E-state index in [-0.39, 0.29) is 17.1 Å². The molecule has 1 aromatic carbocycles. The number of hydrogen-bond acceptors (Lipinski definition) is 6. The minimum absolute atomic E-state index is 0.0296. The maximum absolute atomic E-state index is 12.5. The second-order valence-electron chi connectivity index (χ2n) is 5.09. The Morgan fingerprint density at radius 2 is 1.95 bits per heavy atom. The summed E-state index contributed by atoms with van der Waals surface area (Å²) in [6, 6.07) is 7.30. The molecule has 5 nitrogen and oxygen atoms in total. The number of carbonyl (C=O) groups is 1. The topological polar surface area (TPSA) is 64.1 Å². The highest BCUT2D eigenvalue weighted by Gasteiger charge is 2.25. The molecule has 0 radical (unpaired) electrons. The van der Waals surface area contributed by atoms with Crippen LogP contribution in [0.5, 0.6) is 5.75 Å². The van der Waals surface area contributed by atoms with Crippen LogP contribution in [-0.2, 0) is 4.79 Å². The lowest BCUT2D eigenvalue weighted by Gasteiger charge is -2.18. The number of anilines is 1. The van der Waals surface area contributed by atoms with Gasteiger partial charge in [-0.3, -0.25) is 4.79 Å². The van der Waals surface area contributed by atoms with Crippen LogP contribution in [0.4, 0.5) is 5.69 Å². The van der Waals surface area contributed by atoms with Gasteiger partial charge in [0.25, 0.3) is 0 Å². The first kappa shape index (κ1) is 16.8. The number of amides is 1. The summed E-state index contributed by atoms with van der Waals surface area (Å²) >= 11 is 2.97. The maximum atomic E-state index is 12.5. The molecule has 0 saturated heterocycles. The predicted octanol–water partition coefficient (Wildman–Crippen LogP) is 3.61. The van der Waals surface area contributed by atoms with E-state index in [4.69, 9.17) is 4.74 Å². The van der Waals surface area contributed by atoms with E-state index in [1.54, 1.807) is 7.11 Å². The van der Waals surface area contributed by atoms with Crippen LogP contribution >= 0.6 is 23.1 Å². The quantitative estimate of drug-likeness (QED) is 0.816. The summed E-state index contributed by atoms with van der Waals surface area (Å²) in [6.07, 6.45) is 0. The maximum Gasteiger partial charge on any atom is 0.238 e. The van der Waals surface area contributed by atoms with E-state index in [0.29, 0.717) is 0 Å². The summed E-state index contributed by atoms with van der Waals surface area (Å²) in [5, 5.41) is 11.7. The second kappa shape index (κ2) is 7.60. The van der Waals surface area contributed by atoms with Crippen molar-refractivity contribution < 1.29 is 9.53 Å². The Bertz CT molecular complexity index is 626. The van der Waals surface area contributed by atoms with E-state index < -0.39 is 0 Å². The molecule has 0 aliphatic rings. The molecule has 0 bridgehead atoms. The number of aryl methyl sites for hydroxylation is 1. The molecule has 118 valence electrons. The lowest BCUT2D eigenvalue weighted by atomic mass is 10.1. The van der Waals surface area contributed by atoms with Crippen LogP contribution in [0.15, 0.2) is 28.6 Å². The van der Waals surface area contributed by atoms with E-state index in [1.165, 1.54) is 23.1 Å². The fourth-order valence-electron chi connectivity index (χ4n) is 1.81. The number of carbonyl (C=O) groups excluding carboxylic acids is 1. The molecule has 0 saturated carbocycles. The first-order valence-corrected chi connectivity index (χ1v) is 8.61. The van der Waals surface area contributed by atoms with Gasteiger partial charge in [-0.2, -0.15) is 0 Å². The largest absolute Gasteiger partial charge is 0.497 e. The molecule has 1 amide bonds. The Labute approximate surface area is 138 Å². The smallest absolute Gasteiger partial charge is 0.238 e. The minimum Gasteiger partial charge on any atom is -0.497 e. The van der Waals surface area contributed by atoms with E-state index in [2.05, 4.69) is 15.5 Å². The van der Waals surface area contributed by atoms with Crippen molar-refractivity contribution in [3.63, 3.8) is 0 Å². The zero-order chi connectivity index (χ0) is 16.1. The van der Waals surface area contributed by atoms with Crippen molar-refractivity contribution in [3.05, 3.63) is 29.3 Å². The van der Waals surface area contributed by atoms with Crippen LogP contribution in [0, 0.1) is 12.8 Å². The van der Waals surface area contributed by atoms with Gasteiger partial charge in [-0.1, -0.05) is 36.9 Å². The number of hydrogen-bond donors (Lipinski definition) is 1. The molecule has 0 fully saturated rings. The molecule has 2 rings (SSSR count). The molecule has 0 aliphatic heterocycles. The normalized spacial score (nSPS) is 12.2. The van der Waals surface area contributed by atoms with Gasteiger partial charge in [0.05, 0.1) is 12.4 Å². The molecule has 0 unspecified atom stereocenters. The highest BCUT2D eigenvalue weighted by atomic mass is 32.2. The summed E-state index contributed by atoms with van der Waals surface area (Å²) in [5.41, 5.74) is 0.755. The van der Waals surface area contributed by atoms with Gasteiger partial charge >= 0.3 is 0 Å². The zero-order valence-electron chi connectivity index (χ0n) is 13.0. The van der Waals surface area contributed by atoms with Crippen LogP contribution in [0.25, 0.3) is 0 Å². The van der Waals surface area contributed by atoms with Gasteiger partial charge in [-0.05, 0) is 37.1 Å². The Balaban J connectivity index is 2.05. The van der Waals surface area contributed by atoms with Gasteiger partial charge in [0.1, 0.15) is 10.8 Å². The van der Waals surface area contributed by atoms with Crippen molar-refractivity contribution in [1.29, 1.82) is 0 Å². The predicted molar refractivity (Wildman–Crippen MR) is 90.8 cm³/mol. The standard InChI is InChI=1S/C15H19N3O2S2/c1-9(2)13(22-15-18-17-10(3)21-15)14(19)16-11-5-7-12(20-4)8-6-11/h5-9,13H,1-4H3,(H,16,19)/t13-/m1/s1. The van der Waals surface area contributed by atoms with Gasteiger partial charge in [-0.25, -0.2) is 0 Å². The third-order valence-corrected chi connectivity index (χ3v) is 5.42. The molecular formula is C15H19N3O2S2. The third-order valence-electron chi connectivity index (χ3n) is 2.96. The molecule has 0 spiro atoms. The lowest BCUT2D eigenvalue weighted by molar-refractivity contribution is -0.116. The SMILES string of the molecule is COc1ccc(NC(=O)[C@H](Sc2nnc(C)s2)C(C)C)cc1. The van der Waals surface area contributed by atoms with Gasteiger partial charge in [0.15, 0.2) is 4.34 Å². The Kier molecular flexibility index (Phi) is 5.79. The Morgan fingerprint density at radius 1 is 1.27 bits per heavy atom. The van der Waals surface area contributed by atoms with Crippen LogP contribution in [0.2, 0.25) is 0 Å². The van der Waals surface area contributed by atoms with Crippen LogP contribution in [-0.4, -0.2) is 28.5 Å². The van der Waals surface area contributed by atoms with Crippen LogP contribution < -0.4 is 10.1 Å². The van der Waals surface area contributed by atoms with Crippen molar-refractivity contribution >= 4 is 34.7 Å². The number of rotatable bonds is 6. The number of nitrogens with zero attached hydrogens (tertiary/aromatic N) is 2. The average molecular weight is 337 g/mol. The van der Waals surface area contributed by atoms with Gasteiger partial charge in [0.2, 0.25) is 5.91 Å². The van der Waals surface area contributed by atoms with E-state index >= 15 is 0 Å². The third kappa shape index (κ3) is 4.45.